The van der Waals surface area contributed by atoms with Crippen LogP contribution in [0.4, 0.5) is 0 Å². The Morgan fingerprint density at radius 2 is 2.08 bits per heavy atom. The van der Waals surface area contributed by atoms with Crippen LogP contribution in [-0.2, 0) is 9.53 Å². The van der Waals surface area contributed by atoms with Crippen molar-refractivity contribution in [2.45, 2.75) is 18.4 Å². The fraction of sp³-hybridized carbons (Fsp3) is 0.300. The summed E-state index contributed by atoms with van der Waals surface area (Å²) < 4.78 is 5.52. The highest BCUT2D eigenvalue weighted by atomic mass is 16.5. The maximum atomic E-state index is 10.8. The van der Waals surface area contributed by atoms with Gasteiger partial charge in [0.1, 0.15) is 5.60 Å². The molecule has 0 saturated carbocycles. The zero-order valence-electron chi connectivity index (χ0n) is 6.75. The van der Waals surface area contributed by atoms with Gasteiger partial charge in [-0.05, 0) is 24.3 Å². The summed E-state index contributed by atoms with van der Waals surface area (Å²) in [6.45, 7) is 3.75. The lowest BCUT2D eigenvalue weighted by Gasteiger charge is -2.22. The molecule has 0 aromatic rings. The minimum atomic E-state index is -0.356. The normalized spacial score (nSPS) is 25.0. The molecule has 2 nitrogen and oxygen atoms in total. The minimum absolute atomic E-state index is 0.0294. The monoisotopic (exact) mass is 162 g/mol. The summed E-state index contributed by atoms with van der Waals surface area (Å²) in [6.07, 6.45) is 8.51. The Balaban J connectivity index is 2.25. The van der Waals surface area contributed by atoms with E-state index < -0.39 is 0 Å². The highest BCUT2D eigenvalue weighted by molar-refractivity contribution is 6.00. The van der Waals surface area contributed by atoms with Crippen molar-refractivity contribution in [3.8, 4) is 0 Å². The Hall–Kier alpha value is -1.31. The van der Waals surface area contributed by atoms with Gasteiger partial charge in [0.25, 0.3) is 0 Å². The molecule has 2 heteroatoms. The highest BCUT2D eigenvalue weighted by Gasteiger charge is 2.34. The average molecular weight is 162 g/mol. The second kappa shape index (κ2) is 2.34. The van der Waals surface area contributed by atoms with Gasteiger partial charge in [-0.2, -0.15) is 0 Å². The van der Waals surface area contributed by atoms with Gasteiger partial charge in [0, 0.05) is 12.8 Å². The number of carbonyl (C=O) groups is 1. The Morgan fingerprint density at radius 1 is 1.42 bits per heavy atom. The minimum Gasteiger partial charge on any atom is -0.484 e. The molecule has 0 radical (unpaired) electrons. The van der Waals surface area contributed by atoms with Crippen LogP contribution in [0.1, 0.15) is 12.8 Å². The summed E-state index contributed by atoms with van der Waals surface area (Å²) in [5.74, 6) is 0.834. The topological polar surface area (TPSA) is 26.3 Å². The SMILES string of the molecule is C=C1CCC2(C=CC(=O)C=C2)O1. The zero-order valence-corrected chi connectivity index (χ0v) is 6.75. The summed E-state index contributed by atoms with van der Waals surface area (Å²) in [5.41, 5.74) is -0.356. The van der Waals surface area contributed by atoms with E-state index in [1.54, 1.807) is 12.2 Å². The van der Waals surface area contributed by atoms with Crippen LogP contribution >= 0.6 is 0 Å². The lowest BCUT2D eigenvalue weighted by atomic mass is 9.94. The van der Waals surface area contributed by atoms with Crippen LogP contribution in [0.3, 0.4) is 0 Å². The van der Waals surface area contributed by atoms with Crippen LogP contribution in [0.15, 0.2) is 36.6 Å². The summed E-state index contributed by atoms with van der Waals surface area (Å²) >= 11 is 0. The first-order valence-corrected chi connectivity index (χ1v) is 3.99. The highest BCUT2D eigenvalue weighted by Crippen LogP contribution is 2.35. The molecular weight excluding hydrogens is 152 g/mol. The quantitative estimate of drug-likeness (QED) is 0.542. The molecule has 2 rings (SSSR count). The maximum absolute atomic E-state index is 10.8. The van der Waals surface area contributed by atoms with E-state index in [0.29, 0.717) is 0 Å². The molecule has 2 aliphatic rings. The number of ketones is 1. The van der Waals surface area contributed by atoms with Crippen LogP contribution in [0.25, 0.3) is 0 Å². The molecule has 1 spiro atoms. The van der Waals surface area contributed by atoms with Crippen LogP contribution < -0.4 is 0 Å². The van der Waals surface area contributed by atoms with Gasteiger partial charge >= 0.3 is 0 Å². The van der Waals surface area contributed by atoms with Crippen LogP contribution in [0, 0.1) is 0 Å². The van der Waals surface area contributed by atoms with Crippen LogP contribution in [0.2, 0.25) is 0 Å². The fourth-order valence-electron chi connectivity index (χ4n) is 1.50. The van der Waals surface area contributed by atoms with E-state index in [0.717, 1.165) is 18.6 Å². The number of hydrogen-bond donors (Lipinski definition) is 0. The predicted octanol–water partition coefficient (Wildman–Crippen LogP) is 1.74. The Labute approximate surface area is 71.2 Å². The molecule has 1 heterocycles. The van der Waals surface area contributed by atoms with Crippen molar-refractivity contribution in [3.63, 3.8) is 0 Å². The summed E-state index contributed by atoms with van der Waals surface area (Å²) in [4.78, 5) is 10.8. The summed E-state index contributed by atoms with van der Waals surface area (Å²) in [6, 6.07) is 0. The van der Waals surface area contributed by atoms with E-state index in [2.05, 4.69) is 6.58 Å². The van der Waals surface area contributed by atoms with Crippen molar-refractivity contribution in [1.82, 2.24) is 0 Å². The summed E-state index contributed by atoms with van der Waals surface area (Å²) in [7, 11) is 0. The van der Waals surface area contributed by atoms with Gasteiger partial charge in [-0.3, -0.25) is 4.79 Å². The Kier molecular flexibility index (Phi) is 1.43. The van der Waals surface area contributed by atoms with E-state index in [-0.39, 0.29) is 11.4 Å². The Morgan fingerprint density at radius 3 is 2.58 bits per heavy atom. The second-order valence-corrected chi connectivity index (χ2v) is 3.16. The summed E-state index contributed by atoms with van der Waals surface area (Å²) in [5, 5.41) is 0. The number of ether oxygens (including phenoxy) is 1. The fourth-order valence-corrected chi connectivity index (χ4v) is 1.50. The van der Waals surface area contributed by atoms with Crippen molar-refractivity contribution in [2.24, 2.45) is 0 Å². The zero-order chi connectivity index (χ0) is 8.60. The van der Waals surface area contributed by atoms with Crippen molar-refractivity contribution in [2.75, 3.05) is 0 Å². The van der Waals surface area contributed by atoms with Crippen LogP contribution in [0.5, 0.6) is 0 Å². The van der Waals surface area contributed by atoms with E-state index in [9.17, 15) is 4.79 Å². The van der Waals surface area contributed by atoms with E-state index in [4.69, 9.17) is 4.74 Å². The molecule has 0 N–H and O–H groups in total. The third-order valence-electron chi connectivity index (χ3n) is 2.19. The molecule has 0 aromatic heterocycles. The first-order chi connectivity index (χ1) is 5.70. The van der Waals surface area contributed by atoms with E-state index >= 15 is 0 Å². The predicted molar refractivity (Wildman–Crippen MR) is 45.5 cm³/mol. The third kappa shape index (κ3) is 1.09. The van der Waals surface area contributed by atoms with E-state index in [1.807, 2.05) is 12.2 Å². The smallest absolute Gasteiger partial charge is 0.178 e. The first-order valence-electron chi connectivity index (χ1n) is 3.99. The van der Waals surface area contributed by atoms with E-state index in [1.165, 1.54) is 0 Å². The van der Waals surface area contributed by atoms with Gasteiger partial charge in [-0.25, -0.2) is 0 Å². The standard InChI is InChI=1S/C10H10O2/c1-8-2-5-10(12-8)6-3-9(11)4-7-10/h3-4,6-7H,1-2,5H2. The van der Waals surface area contributed by atoms with Gasteiger partial charge in [0.2, 0.25) is 0 Å². The first kappa shape index (κ1) is 7.35. The molecule has 0 amide bonds. The molecule has 0 bridgehead atoms. The molecule has 12 heavy (non-hydrogen) atoms. The second-order valence-electron chi connectivity index (χ2n) is 3.16. The van der Waals surface area contributed by atoms with Gasteiger partial charge in [-0.15, -0.1) is 0 Å². The lowest BCUT2D eigenvalue weighted by molar-refractivity contribution is -0.110. The van der Waals surface area contributed by atoms with Gasteiger partial charge in [0.15, 0.2) is 5.78 Å². The van der Waals surface area contributed by atoms with Crippen LogP contribution in [-0.4, -0.2) is 11.4 Å². The molecule has 1 saturated heterocycles. The Bertz CT molecular complexity index is 281. The van der Waals surface area contributed by atoms with Crippen molar-refractivity contribution in [3.05, 3.63) is 36.6 Å². The molecule has 1 aliphatic carbocycles. The number of hydrogen-bond acceptors (Lipinski definition) is 2. The molecule has 62 valence electrons. The third-order valence-corrected chi connectivity index (χ3v) is 2.19. The van der Waals surface area contributed by atoms with Crippen molar-refractivity contribution >= 4 is 5.78 Å². The van der Waals surface area contributed by atoms with Gasteiger partial charge in [0.05, 0.1) is 5.76 Å². The lowest BCUT2D eigenvalue weighted by Crippen LogP contribution is -2.23. The number of carbonyl (C=O) groups excluding carboxylic acids is 1. The van der Waals surface area contributed by atoms with Gasteiger partial charge < -0.3 is 4.74 Å². The molecular formula is C10H10O2. The average Bonchev–Trinajstić information content (AvgIpc) is 2.40. The largest absolute Gasteiger partial charge is 0.484 e. The molecule has 0 atom stereocenters. The number of allylic oxidation sites excluding steroid dienone is 3. The molecule has 0 aromatic carbocycles. The molecule has 1 aliphatic heterocycles. The van der Waals surface area contributed by atoms with Gasteiger partial charge in [-0.1, -0.05) is 6.58 Å². The van der Waals surface area contributed by atoms with Crippen molar-refractivity contribution in [1.29, 1.82) is 0 Å². The maximum Gasteiger partial charge on any atom is 0.178 e. The molecule has 1 fully saturated rings. The number of rotatable bonds is 0. The molecule has 0 unspecified atom stereocenters. The van der Waals surface area contributed by atoms with Crippen molar-refractivity contribution < 1.29 is 9.53 Å².